The normalized spacial score (nSPS) is 25.4. The molecule has 0 unspecified atom stereocenters. The fraction of sp³-hybridized carbons (Fsp3) is 0.600. The van der Waals surface area contributed by atoms with Crippen LogP contribution in [0.5, 0.6) is 0 Å². The van der Waals surface area contributed by atoms with Gasteiger partial charge in [0.1, 0.15) is 13.2 Å². The van der Waals surface area contributed by atoms with E-state index in [0.717, 1.165) is 0 Å². The van der Waals surface area contributed by atoms with Crippen molar-refractivity contribution in [3.63, 3.8) is 0 Å². The molecule has 1 heterocycles. The number of ether oxygens (including phenoxy) is 2. The molecule has 4 heteroatoms. The van der Waals surface area contributed by atoms with Gasteiger partial charge in [-0.15, -0.1) is 0 Å². The maximum Gasteiger partial charge on any atom is 0.272 e. The Morgan fingerprint density at radius 2 is 2.67 bits per heavy atom. The van der Waals surface area contributed by atoms with E-state index < -0.39 is 0 Å². The Labute approximate surface area is 53.1 Å². The molecule has 1 aliphatic heterocycles. The van der Waals surface area contributed by atoms with Crippen LogP contribution >= 0.6 is 0 Å². The summed E-state index contributed by atoms with van der Waals surface area (Å²) in [7, 11) is 0. The van der Waals surface area contributed by atoms with Crippen LogP contribution in [-0.4, -0.2) is 19.3 Å². The fourth-order valence-electron chi connectivity index (χ4n) is 0.629. The monoisotopic (exact) mass is 131 g/mol. The van der Waals surface area contributed by atoms with E-state index >= 15 is 0 Å². The van der Waals surface area contributed by atoms with Crippen molar-refractivity contribution in [1.82, 2.24) is 0 Å². The minimum Gasteiger partial charge on any atom is -0.462 e. The maximum absolute atomic E-state index is 4.98. The van der Waals surface area contributed by atoms with Gasteiger partial charge in [0.05, 0.1) is 0 Å². The van der Waals surface area contributed by atoms with Gasteiger partial charge >= 0.3 is 0 Å². The molecule has 9 heavy (non-hydrogen) atoms. The molecule has 0 spiro atoms. The Balaban J connectivity index is 2.22. The van der Waals surface area contributed by atoms with Crippen LogP contribution in [0.15, 0.2) is 12.5 Å². The van der Waals surface area contributed by atoms with Crippen LogP contribution in [0.25, 0.3) is 0 Å². The molecular formula is C5H9NO3. The van der Waals surface area contributed by atoms with Crippen molar-refractivity contribution in [2.75, 3.05) is 13.2 Å². The standard InChI is InChI=1S/C5H9NO3/c1-4-7-2-5(9-4)3-8-6/h5H,1-3,6H2/t5-/m1/s1. The van der Waals surface area contributed by atoms with Crippen molar-refractivity contribution in [3.05, 3.63) is 12.5 Å². The average molecular weight is 131 g/mol. The van der Waals surface area contributed by atoms with E-state index in [1.165, 1.54) is 0 Å². The third-order valence-electron chi connectivity index (χ3n) is 1.01. The number of hydrogen-bond donors (Lipinski definition) is 1. The molecule has 4 nitrogen and oxygen atoms in total. The zero-order valence-electron chi connectivity index (χ0n) is 5.00. The molecular weight excluding hydrogens is 122 g/mol. The second kappa shape index (κ2) is 2.70. The molecule has 52 valence electrons. The zero-order valence-corrected chi connectivity index (χ0v) is 5.00. The summed E-state index contributed by atoms with van der Waals surface area (Å²) in [5.41, 5.74) is 0. The molecule has 2 N–H and O–H groups in total. The minimum atomic E-state index is -0.0810. The lowest BCUT2D eigenvalue weighted by molar-refractivity contribution is 0.0415. The SMILES string of the molecule is C=C1OC[C@H](CON)O1. The van der Waals surface area contributed by atoms with Crippen molar-refractivity contribution in [2.24, 2.45) is 5.90 Å². The second-order valence-corrected chi connectivity index (χ2v) is 1.76. The molecule has 1 rings (SSSR count). The Hall–Kier alpha value is -0.740. The lowest BCUT2D eigenvalue weighted by atomic mass is 10.4. The predicted molar refractivity (Wildman–Crippen MR) is 30.1 cm³/mol. The molecule has 0 aromatic carbocycles. The van der Waals surface area contributed by atoms with Gasteiger partial charge in [-0.25, -0.2) is 5.90 Å². The maximum atomic E-state index is 4.98. The highest BCUT2D eigenvalue weighted by Gasteiger charge is 2.19. The highest BCUT2D eigenvalue weighted by Crippen LogP contribution is 2.11. The molecule has 1 fully saturated rings. The molecule has 1 aliphatic rings. The van der Waals surface area contributed by atoms with Gasteiger partial charge in [-0.2, -0.15) is 0 Å². The zero-order chi connectivity index (χ0) is 6.69. The van der Waals surface area contributed by atoms with Crippen LogP contribution in [-0.2, 0) is 14.3 Å². The van der Waals surface area contributed by atoms with Crippen molar-refractivity contribution in [3.8, 4) is 0 Å². The first-order valence-electron chi connectivity index (χ1n) is 2.63. The van der Waals surface area contributed by atoms with Crippen LogP contribution in [0.3, 0.4) is 0 Å². The fourth-order valence-corrected chi connectivity index (χ4v) is 0.629. The van der Waals surface area contributed by atoms with E-state index in [1.54, 1.807) is 0 Å². The molecule has 1 atom stereocenters. The van der Waals surface area contributed by atoms with Crippen molar-refractivity contribution < 1.29 is 14.3 Å². The molecule has 0 aliphatic carbocycles. The van der Waals surface area contributed by atoms with E-state index in [-0.39, 0.29) is 6.10 Å². The van der Waals surface area contributed by atoms with Crippen LogP contribution < -0.4 is 5.90 Å². The van der Waals surface area contributed by atoms with Gasteiger partial charge < -0.3 is 14.3 Å². The highest BCUT2D eigenvalue weighted by atomic mass is 16.7. The number of rotatable bonds is 2. The molecule has 0 radical (unpaired) electrons. The first-order chi connectivity index (χ1) is 4.33. The number of nitrogens with two attached hydrogens (primary N) is 1. The Morgan fingerprint density at radius 3 is 3.11 bits per heavy atom. The summed E-state index contributed by atoms with van der Waals surface area (Å²) in [5, 5.41) is 0. The molecule has 0 bridgehead atoms. The molecule has 0 aromatic rings. The van der Waals surface area contributed by atoms with Crippen molar-refractivity contribution >= 4 is 0 Å². The lowest BCUT2D eigenvalue weighted by Crippen LogP contribution is -2.19. The van der Waals surface area contributed by atoms with Gasteiger partial charge in [-0.05, 0) is 6.58 Å². The first-order valence-corrected chi connectivity index (χ1v) is 2.63. The first kappa shape index (κ1) is 6.38. The van der Waals surface area contributed by atoms with Crippen LogP contribution in [0, 0.1) is 0 Å². The van der Waals surface area contributed by atoms with Gasteiger partial charge in [0, 0.05) is 0 Å². The van der Waals surface area contributed by atoms with E-state index in [1.807, 2.05) is 0 Å². The summed E-state index contributed by atoms with van der Waals surface area (Å²) in [6.07, 6.45) is -0.0810. The summed E-state index contributed by atoms with van der Waals surface area (Å²) in [5.74, 6) is 5.13. The summed E-state index contributed by atoms with van der Waals surface area (Å²) in [6.45, 7) is 4.27. The molecule has 1 saturated heterocycles. The van der Waals surface area contributed by atoms with Gasteiger partial charge in [0.15, 0.2) is 6.10 Å². The predicted octanol–water partition coefficient (Wildman–Crippen LogP) is -0.237. The summed E-state index contributed by atoms with van der Waals surface area (Å²) in [4.78, 5) is 4.33. The van der Waals surface area contributed by atoms with Crippen molar-refractivity contribution in [2.45, 2.75) is 6.10 Å². The van der Waals surface area contributed by atoms with E-state index in [4.69, 9.17) is 15.4 Å². The third-order valence-corrected chi connectivity index (χ3v) is 1.01. The molecule has 0 amide bonds. The van der Waals surface area contributed by atoms with Crippen LogP contribution in [0.1, 0.15) is 0 Å². The largest absolute Gasteiger partial charge is 0.462 e. The summed E-state index contributed by atoms with van der Waals surface area (Å²) < 4.78 is 9.85. The lowest BCUT2D eigenvalue weighted by Gasteiger charge is -2.02. The van der Waals surface area contributed by atoms with Crippen LogP contribution in [0.4, 0.5) is 0 Å². The smallest absolute Gasteiger partial charge is 0.272 e. The van der Waals surface area contributed by atoms with Gasteiger partial charge in [-0.3, -0.25) is 0 Å². The second-order valence-electron chi connectivity index (χ2n) is 1.76. The minimum absolute atomic E-state index is 0.0810. The topological polar surface area (TPSA) is 53.7 Å². The van der Waals surface area contributed by atoms with E-state index in [9.17, 15) is 0 Å². The third kappa shape index (κ3) is 1.58. The van der Waals surface area contributed by atoms with Gasteiger partial charge in [0.25, 0.3) is 5.95 Å². The molecule has 0 saturated carbocycles. The van der Waals surface area contributed by atoms with E-state index in [2.05, 4.69) is 11.4 Å². The quantitative estimate of drug-likeness (QED) is 0.525. The Kier molecular flexibility index (Phi) is 1.92. The van der Waals surface area contributed by atoms with Crippen molar-refractivity contribution in [1.29, 1.82) is 0 Å². The van der Waals surface area contributed by atoms with E-state index in [0.29, 0.717) is 19.2 Å². The van der Waals surface area contributed by atoms with Gasteiger partial charge in [-0.1, -0.05) is 0 Å². The summed E-state index contributed by atoms with van der Waals surface area (Å²) >= 11 is 0. The summed E-state index contributed by atoms with van der Waals surface area (Å²) in [6, 6.07) is 0. The Morgan fingerprint density at radius 1 is 1.89 bits per heavy atom. The van der Waals surface area contributed by atoms with Gasteiger partial charge in [0.2, 0.25) is 0 Å². The average Bonchev–Trinajstić information content (AvgIpc) is 2.17. The highest BCUT2D eigenvalue weighted by molar-refractivity contribution is 4.78. The Bertz CT molecular complexity index is 115. The number of hydrogen-bond acceptors (Lipinski definition) is 4. The molecule has 0 aromatic heterocycles. The van der Waals surface area contributed by atoms with Crippen LogP contribution in [0.2, 0.25) is 0 Å².